The number of hydrogen-bond acceptors (Lipinski definition) is 3. The van der Waals surface area contributed by atoms with Gasteiger partial charge in [0.15, 0.2) is 0 Å². The van der Waals surface area contributed by atoms with Crippen molar-refractivity contribution in [1.82, 2.24) is 4.90 Å². The summed E-state index contributed by atoms with van der Waals surface area (Å²) >= 11 is 1.64. The van der Waals surface area contributed by atoms with Gasteiger partial charge in [-0.05, 0) is 30.2 Å². The van der Waals surface area contributed by atoms with Crippen LogP contribution in [0.4, 0.5) is 0 Å². The van der Waals surface area contributed by atoms with Crippen LogP contribution in [-0.4, -0.2) is 29.8 Å². The first-order valence-electron chi connectivity index (χ1n) is 7.55. The summed E-state index contributed by atoms with van der Waals surface area (Å²) in [6.45, 7) is 1.02. The van der Waals surface area contributed by atoms with Crippen LogP contribution in [0.1, 0.15) is 11.3 Å². The van der Waals surface area contributed by atoms with Crippen molar-refractivity contribution in [2.75, 3.05) is 13.1 Å². The Morgan fingerprint density at radius 1 is 1.17 bits per heavy atom. The van der Waals surface area contributed by atoms with Gasteiger partial charge in [0.1, 0.15) is 0 Å². The summed E-state index contributed by atoms with van der Waals surface area (Å²) < 4.78 is 0. The average molecular weight is 326 g/mol. The molecule has 0 aliphatic carbocycles. The molecule has 2 aromatic rings. The number of nitrogens with two attached hydrogens (primary N) is 1. The highest BCUT2D eigenvalue weighted by Crippen LogP contribution is 2.28. The fourth-order valence-corrected chi connectivity index (χ4v) is 3.57. The lowest BCUT2D eigenvalue weighted by Crippen LogP contribution is -2.30. The Morgan fingerprint density at radius 3 is 2.65 bits per heavy atom. The zero-order chi connectivity index (χ0) is 16.2. The van der Waals surface area contributed by atoms with Crippen LogP contribution in [0.5, 0.6) is 0 Å². The van der Waals surface area contributed by atoms with E-state index >= 15 is 0 Å². The van der Waals surface area contributed by atoms with Crippen molar-refractivity contribution < 1.29 is 9.59 Å². The number of carbonyl (C=O) groups is 2. The molecular formula is C18H18N2O2S. The van der Waals surface area contributed by atoms with E-state index in [0.717, 1.165) is 4.88 Å². The molecule has 2 N–H and O–H groups in total. The molecule has 1 aliphatic heterocycles. The van der Waals surface area contributed by atoms with E-state index in [9.17, 15) is 9.59 Å². The number of hydrogen-bond donors (Lipinski definition) is 1. The standard InChI is InChI=1S/C18H18N2O2S/c19-18(22)14-10-11-20(12-14)17(21)9-7-15-6-8-16(23-15)13-4-2-1-3-5-13/h1-9,14H,10-12H2,(H2,19,22)/b9-7+/t14-/m1/s1. The van der Waals surface area contributed by atoms with Crippen LogP contribution in [0.3, 0.4) is 0 Å². The van der Waals surface area contributed by atoms with Gasteiger partial charge in [0.25, 0.3) is 0 Å². The highest BCUT2D eigenvalue weighted by molar-refractivity contribution is 7.16. The van der Waals surface area contributed by atoms with E-state index in [4.69, 9.17) is 5.73 Å². The van der Waals surface area contributed by atoms with E-state index in [1.54, 1.807) is 22.3 Å². The van der Waals surface area contributed by atoms with Gasteiger partial charge in [-0.3, -0.25) is 9.59 Å². The van der Waals surface area contributed by atoms with Gasteiger partial charge >= 0.3 is 0 Å². The first-order chi connectivity index (χ1) is 11.1. The second kappa shape index (κ2) is 6.79. The molecule has 3 rings (SSSR count). The predicted octanol–water partition coefficient (Wildman–Crippen LogP) is 2.76. The largest absolute Gasteiger partial charge is 0.369 e. The predicted molar refractivity (Wildman–Crippen MR) is 92.7 cm³/mol. The molecule has 1 aliphatic rings. The van der Waals surface area contributed by atoms with E-state index < -0.39 is 0 Å². The zero-order valence-corrected chi connectivity index (χ0v) is 13.5. The maximum Gasteiger partial charge on any atom is 0.246 e. The summed E-state index contributed by atoms with van der Waals surface area (Å²) in [5.41, 5.74) is 6.46. The van der Waals surface area contributed by atoms with E-state index in [-0.39, 0.29) is 17.7 Å². The maximum absolute atomic E-state index is 12.2. The fraction of sp³-hybridized carbons (Fsp3) is 0.222. The number of primary amides is 1. The van der Waals surface area contributed by atoms with Gasteiger partial charge in [-0.2, -0.15) is 0 Å². The van der Waals surface area contributed by atoms with Crippen molar-refractivity contribution in [2.45, 2.75) is 6.42 Å². The number of likely N-dealkylation sites (tertiary alicyclic amines) is 1. The molecule has 1 aromatic heterocycles. The molecule has 5 heteroatoms. The van der Waals surface area contributed by atoms with Crippen LogP contribution in [-0.2, 0) is 9.59 Å². The van der Waals surface area contributed by atoms with Crippen molar-refractivity contribution in [3.05, 3.63) is 53.4 Å². The molecular weight excluding hydrogens is 308 g/mol. The Morgan fingerprint density at radius 2 is 1.96 bits per heavy atom. The summed E-state index contributed by atoms with van der Waals surface area (Å²) in [6.07, 6.45) is 4.06. The lowest BCUT2D eigenvalue weighted by atomic mass is 10.1. The summed E-state index contributed by atoms with van der Waals surface area (Å²) in [5.74, 6) is -0.600. The Bertz CT molecular complexity index is 736. The highest BCUT2D eigenvalue weighted by atomic mass is 32.1. The normalized spacial score (nSPS) is 17.7. The minimum Gasteiger partial charge on any atom is -0.369 e. The second-order valence-electron chi connectivity index (χ2n) is 5.57. The first-order valence-corrected chi connectivity index (χ1v) is 8.36. The van der Waals surface area contributed by atoms with Crippen molar-refractivity contribution in [3.63, 3.8) is 0 Å². The molecule has 1 atom stereocenters. The molecule has 0 bridgehead atoms. The van der Waals surface area contributed by atoms with Gasteiger partial charge in [0.2, 0.25) is 11.8 Å². The summed E-state index contributed by atoms with van der Waals surface area (Å²) in [5, 5.41) is 0. The Balaban J connectivity index is 1.63. The van der Waals surface area contributed by atoms with Gasteiger partial charge in [0, 0.05) is 28.9 Å². The molecule has 0 unspecified atom stereocenters. The Hall–Kier alpha value is -2.40. The van der Waals surface area contributed by atoms with Gasteiger partial charge in [0.05, 0.1) is 5.92 Å². The quantitative estimate of drug-likeness (QED) is 0.878. The molecule has 0 saturated carbocycles. The lowest BCUT2D eigenvalue weighted by Gasteiger charge is -2.12. The molecule has 1 fully saturated rings. The second-order valence-corrected chi connectivity index (χ2v) is 6.69. The highest BCUT2D eigenvalue weighted by Gasteiger charge is 2.28. The van der Waals surface area contributed by atoms with E-state index in [1.165, 1.54) is 10.4 Å². The van der Waals surface area contributed by atoms with E-state index in [1.807, 2.05) is 30.3 Å². The van der Waals surface area contributed by atoms with Crippen LogP contribution in [0.25, 0.3) is 16.5 Å². The molecule has 1 aromatic carbocycles. The Kier molecular flexibility index (Phi) is 4.57. The minimum absolute atomic E-state index is 0.0663. The third-order valence-corrected chi connectivity index (χ3v) is 5.08. The number of rotatable bonds is 4. The summed E-state index contributed by atoms with van der Waals surface area (Å²) in [4.78, 5) is 27.2. The summed E-state index contributed by atoms with van der Waals surface area (Å²) in [6, 6.07) is 14.2. The molecule has 23 heavy (non-hydrogen) atoms. The third kappa shape index (κ3) is 3.68. The van der Waals surface area contributed by atoms with Gasteiger partial charge in [-0.25, -0.2) is 0 Å². The van der Waals surface area contributed by atoms with Gasteiger partial charge in [-0.15, -0.1) is 11.3 Å². The number of amides is 2. The third-order valence-electron chi connectivity index (χ3n) is 3.98. The minimum atomic E-state index is -0.324. The Labute approximate surface area is 139 Å². The number of nitrogens with zero attached hydrogens (tertiary/aromatic N) is 1. The first kappa shape index (κ1) is 15.5. The van der Waals surface area contributed by atoms with Gasteiger partial charge in [-0.1, -0.05) is 30.3 Å². The molecule has 4 nitrogen and oxygen atoms in total. The molecule has 1 saturated heterocycles. The maximum atomic E-state index is 12.2. The topological polar surface area (TPSA) is 63.4 Å². The van der Waals surface area contributed by atoms with Crippen molar-refractivity contribution in [3.8, 4) is 10.4 Å². The van der Waals surface area contributed by atoms with Crippen LogP contribution in [0.2, 0.25) is 0 Å². The SMILES string of the molecule is NC(=O)[C@@H]1CCN(C(=O)/C=C/c2ccc(-c3ccccc3)s2)C1. The number of thiophene rings is 1. The molecule has 0 radical (unpaired) electrons. The van der Waals surface area contributed by atoms with Crippen LogP contribution in [0.15, 0.2) is 48.5 Å². The smallest absolute Gasteiger partial charge is 0.246 e. The summed E-state index contributed by atoms with van der Waals surface area (Å²) in [7, 11) is 0. The fourth-order valence-electron chi connectivity index (χ4n) is 2.65. The van der Waals surface area contributed by atoms with E-state index in [2.05, 4.69) is 18.2 Å². The molecule has 2 heterocycles. The van der Waals surface area contributed by atoms with Crippen LogP contribution < -0.4 is 5.73 Å². The molecule has 0 spiro atoms. The molecule has 2 amide bonds. The lowest BCUT2D eigenvalue weighted by molar-refractivity contribution is -0.125. The zero-order valence-electron chi connectivity index (χ0n) is 12.6. The van der Waals surface area contributed by atoms with Gasteiger partial charge < -0.3 is 10.6 Å². The average Bonchev–Trinajstić information content (AvgIpc) is 3.23. The van der Waals surface area contributed by atoms with Crippen molar-refractivity contribution in [1.29, 1.82) is 0 Å². The number of benzene rings is 1. The van der Waals surface area contributed by atoms with Crippen molar-refractivity contribution >= 4 is 29.2 Å². The van der Waals surface area contributed by atoms with Crippen molar-refractivity contribution in [2.24, 2.45) is 11.7 Å². The van der Waals surface area contributed by atoms with E-state index in [0.29, 0.717) is 19.5 Å². The van der Waals surface area contributed by atoms with Crippen LogP contribution >= 0.6 is 11.3 Å². The molecule has 118 valence electrons. The monoisotopic (exact) mass is 326 g/mol. The van der Waals surface area contributed by atoms with Crippen LogP contribution in [0, 0.1) is 5.92 Å². The number of carbonyl (C=O) groups excluding carboxylic acids is 2.